The molecule has 168 valence electrons. The number of amides is 1. The molecule has 3 rings (SSSR count). The van der Waals surface area contributed by atoms with E-state index in [1.807, 2.05) is 61.5 Å². The smallest absolute Gasteiger partial charge is 0.227 e. The molecule has 1 saturated carbocycles. The maximum absolute atomic E-state index is 12.2. The Morgan fingerprint density at radius 2 is 1.90 bits per heavy atom. The van der Waals surface area contributed by atoms with Crippen LogP contribution in [0.4, 0.5) is 5.69 Å². The van der Waals surface area contributed by atoms with Gasteiger partial charge in [-0.2, -0.15) is 0 Å². The molecule has 0 radical (unpaired) electrons. The van der Waals surface area contributed by atoms with Gasteiger partial charge >= 0.3 is 0 Å². The molecule has 1 aliphatic rings. The van der Waals surface area contributed by atoms with Gasteiger partial charge in [0.15, 0.2) is 5.96 Å². The van der Waals surface area contributed by atoms with Crippen LogP contribution in [0.15, 0.2) is 59.6 Å². The van der Waals surface area contributed by atoms with Crippen LogP contribution >= 0.6 is 24.0 Å². The maximum atomic E-state index is 12.2. The fourth-order valence-electron chi connectivity index (χ4n) is 3.34. The highest BCUT2D eigenvalue weighted by Crippen LogP contribution is 2.27. The molecular formula is C24H33IN4O2. The Balaban J connectivity index is 0.00000341. The van der Waals surface area contributed by atoms with Crippen LogP contribution in [0.5, 0.6) is 0 Å². The Morgan fingerprint density at radius 1 is 1.13 bits per heavy atom. The summed E-state index contributed by atoms with van der Waals surface area (Å²) in [6.45, 7) is 3.89. The number of aliphatic hydroxyl groups excluding tert-OH is 1. The molecule has 0 bridgehead atoms. The largest absolute Gasteiger partial charge is 0.388 e. The second-order valence-electron chi connectivity index (χ2n) is 7.65. The van der Waals surface area contributed by atoms with Crippen molar-refractivity contribution >= 4 is 41.5 Å². The van der Waals surface area contributed by atoms with E-state index in [1.54, 1.807) is 0 Å². The summed E-state index contributed by atoms with van der Waals surface area (Å²) in [6, 6.07) is 17.5. The van der Waals surface area contributed by atoms with E-state index in [-0.39, 0.29) is 35.8 Å². The lowest BCUT2D eigenvalue weighted by Crippen LogP contribution is -2.38. The van der Waals surface area contributed by atoms with Gasteiger partial charge in [0.25, 0.3) is 0 Å². The van der Waals surface area contributed by atoms with Crippen molar-refractivity contribution in [1.82, 2.24) is 10.6 Å². The number of carbonyl (C=O) groups excluding carboxylic acids is 1. The number of carbonyl (C=O) groups is 1. The number of anilines is 1. The van der Waals surface area contributed by atoms with Gasteiger partial charge in [-0.25, -0.2) is 4.99 Å². The van der Waals surface area contributed by atoms with E-state index in [4.69, 9.17) is 0 Å². The lowest BCUT2D eigenvalue weighted by molar-refractivity contribution is -0.122. The van der Waals surface area contributed by atoms with E-state index in [0.29, 0.717) is 25.5 Å². The highest BCUT2D eigenvalue weighted by Gasteiger charge is 2.25. The highest BCUT2D eigenvalue weighted by atomic mass is 127. The highest BCUT2D eigenvalue weighted by molar-refractivity contribution is 14.0. The minimum Gasteiger partial charge on any atom is -0.388 e. The van der Waals surface area contributed by atoms with Crippen molar-refractivity contribution in [3.8, 4) is 0 Å². The average molecular weight is 536 g/mol. The van der Waals surface area contributed by atoms with E-state index >= 15 is 0 Å². The van der Waals surface area contributed by atoms with Gasteiger partial charge in [-0.15, -0.1) is 24.0 Å². The Hall–Kier alpha value is -2.13. The van der Waals surface area contributed by atoms with E-state index < -0.39 is 6.10 Å². The number of rotatable bonds is 9. The lowest BCUT2D eigenvalue weighted by atomic mass is 9.85. The summed E-state index contributed by atoms with van der Waals surface area (Å²) in [6.07, 6.45) is 3.23. The zero-order chi connectivity index (χ0) is 21.2. The number of hydrogen-bond donors (Lipinski definition) is 4. The number of hydrogen-bond acceptors (Lipinski definition) is 3. The van der Waals surface area contributed by atoms with Crippen molar-refractivity contribution < 1.29 is 9.90 Å². The van der Waals surface area contributed by atoms with Gasteiger partial charge in [0, 0.05) is 24.7 Å². The zero-order valence-corrected chi connectivity index (χ0v) is 20.3. The fourth-order valence-corrected chi connectivity index (χ4v) is 3.34. The minimum atomic E-state index is -0.502. The van der Waals surface area contributed by atoms with E-state index in [2.05, 4.69) is 20.9 Å². The van der Waals surface area contributed by atoms with Gasteiger partial charge in [0.05, 0.1) is 12.6 Å². The Morgan fingerprint density at radius 3 is 2.58 bits per heavy atom. The first-order chi connectivity index (χ1) is 14.7. The molecule has 0 aromatic heterocycles. The van der Waals surface area contributed by atoms with Gasteiger partial charge in [0.1, 0.15) is 0 Å². The average Bonchev–Trinajstić information content (AvgIpc) is 2.71. The summed E-state index contributed by atoms with van der Waals surface area (Å²) >= 11 is 0. The van der Waals surface area contributed by atoms with Crippen molar-refractivity contribution in [3.63, 3.8) is 0 Å². The molecule has 0 spiro atoms. The van der Waals surface area contributed by atoms with Gasteiger partial charge in [-0.05, 0) is 49.4 Å². The number of aliphatic imine (C=N–C) groups is 1. The SMILES string of the molecule is CCNC(=NCc1cccc(NC(=O)C2CCC2)c1)NCCC(O)c1ccccc1.I. The topological polar surface area (TPSA) is 85.8 Å². The van der Waals surface area contributed by atoms with Crippen LogP contribution in [0.2, 0.25) is 0 Å². The summed E-state index contributed by atoms with van der Waals surface area (Å²) in [7, 11) is 0. The Bertz CT molecular complexity index is 840. The quantitative estimate of drug-likeness (QED) is 0.220. The second-order valence-corrected chi connectivity index (χ2v) is 7.65. The van der Waals surface area contributed by atoms with Crippen molar-refractivity contribution in [1.29, 1.82) is 0 Å². The molecule has 0 heterocycles. The first-order valence-corrected chi connectivity index (χ1v) is 10.8. The Kier molecular flexibility index (Phi) is 10.8. The molecule has 1 atom stereocenters. The van der Waals surface area contributed by atoms with Crippen molar-refractivity contribution in [2.24, 2.45) is 10.9 Å². The predicted molar refractivity (Wildman–Crippen MR) is 137 cm³/mol. The fraction of sp³-hybridized carbons (Fsp3) is 0.417. The van der Waals surface area contributed by atoms with Gasteiger partial charge in [-0.1, -0.05) is 48.9 Å². The van der Waals surface area contributed by atoms with E-state index in [1.165, 1.54) is 0 Å². The number of nitrogens with one attached hydrogen (secondary N) is 3. The zero-order valence-electron chi connectivity index (χ0n) is 18.0. The molecule has 0 saturated heterocycles. The summed E-state index contributed by atoms with van der Waals surface area (Å²) in [5, 5.41) is 19.8. The molecule has 1 fully saturated rings. The van der Waals surface area contributed by atoms with Gasteiger partial charge in [-0.3, -0.25) is 4.79 Å². The molecule has 1 amide bonds. The van der Waals surface area contributed by atoms with Gasteiger partial charge in [0.2, 0.25) is 5.91 Å². The molecule has 2 aromatic carbocycles. The van der Waals surface area contributed by atoms with Crippen LogP contribution in [0.1, 0.15) is 49.8 Å². The van der Waals surface area contributed by atoms with Crippen LogP contribution in [0, 0.1) is 5.92 Å². The Labute approximate surface area is 202 Å². The maximum Gasteiger partial charge on any atom is 0.227 e. The van der Waals surface area contributed by atoms with Crippen molar-refractivity contribution in [3.05, 3.63) is 65.7 Å². The summed E-state index contributed by atoms with van der Waals surface area (Å²) < 4.78 is 0. The van der Waals surface area contributed by atoms with Crippen LogP contribution < -0.4 is 16.0 Å². The number of nitrogens with zero attached hydrogens (tertiary/aromatic N) is 1. The number of guanidine groups is 1. The number of benzene rings is 2. The standard InChI is InChI=1S/C24H32N4O2.HI/c1-2-25-24(26-15-14-22(29)19-9-4-3-5-10-19)27-17-18-8-6-13-21(16-18)28-23(30)20-11-7-12-20;/h3-6,8-10,13,16,20,22,29H,2,7,11-12,14-15,17H2,1H3,(H,28,30)(H2,25,26,27);1H. The molecule has 2 aromatic rings. The first-order valence-electron chi connectivity index (χ1n) is 10.8. The molecule has 1 aliphatic carbocycles. The van der Waals surface area contributed by atoms with Crippen LogP contribution in [0.25, 0.3) is 0 Å². The second kappa shape index (κ2) is 13.3. The molecule has 4 N–H and O–H groups in total. The minimum absolute atomic E-state index is 0. The molecule has 6 nitrogen and oxygen atoms in total. The summed E-state index contributed by atoms with van der Waals surface area (Å²) in [5.74, 6) is 0.998. The van der Waals surface area contributed by atoms with Crippen LogP contribution in [0.3, 0.4) is 0 Å². The third-order valence-electron chi connectivity index (χ3n) is 5.33. The molecule has 7 heteroatoms. The van der Waals surface area contributed by atoms with E-state index in [0.717, 1.165) is 42.6 Å². The first kappa shape index (κ1) is 25.1. The van der Waals surface area contributed by atoms with E-state index in [9.17, 15) is 9.90 Å². The molecule has 1 unspecified atom stereocenters. The summed E-state index contributed by atoms with van der Waals surface area (Å²) in [4.78, 5) is 16.8. The van der Waals surface area contributed by atoms with Crippen LogP contribution in [-0.2, 0) is 11.3 Å². The number of halogens is 1. The van der Waals surface area contributed by atoms with Crippen molar-refractivity contribution in [2.75, 3.05) is 18.4 Å². The third kappa shape index (κ3) is 8.14. The van der Waals surface area contributed by atoms with Crippen molar-refractivity contribution in [2.45, 2.75) is 45.3 Å². The normalized spacial score (nSPS) is 14.7. The van der Waals surface area contributed by atoms with Gasteiger partial charge < -0.3 is 21.1 Å². The molecule has 31 heavy (non-hydrogen) atoms. The third-order valence-corrected chi connectivity index (χ3v) is 5.33. The molecular weight excluding hydrogens is 503 g/mol. The monoisotopic (exact) mass is 536 g/mol. The number of aliphatic hydroxyl groups is 1. The lowest BCUT2D eigenvalue weighted by Gasteiger charge is -2.24. The predicted octanol–water partition coefficient (Wildman–Crippen LogP) is 4.22. The van der Waals surface area contributed by atoms with Crippen LogP contribution in [-0.4, -0.2) is 30.1 Å². The summed E-state index contributed by atoms with van der Waals surface area (Å²) in [5.41, 5.74) is 2.77. The molecule has 0 aliphatic heterocycles.